The monoisotopic (exact) mass is 370 g/mol. The van der Waals surface area contributed by atoms with Crippen molar-refractivity contribution in [3.63, 3.8) is 0 Å². The van der Waals surface area contributed by atoms with Crippen LogP contribution in [0.1, 0.15) is 113 Å². The Kier molecular flexibility index (Phi) is 12.5. The highest BCUT2D eigenvalue weighted by molar-refractivity contribution is 5.76. The molecule has 26 heavy (non-hydrogen) atoms. The lowest BCUT2D eigenvalue weighted by atomic mass is 9.74. The van der Waals surface area contributed by atoms with Crippen LogP contribution >= 0.6 is 0 Å². The number of aliphatic hydroxyl groups excluding tert-OH is 1. The van der Waals surface area contributed by atoms with Gasteiger partial charge in [0, 0.05) is 0 Å². The number of carbonyl (C=O) groups is 1. The molecule has 0 amide bonds. The molecular formula is C23H46O3. The van der Waals surface area contributed by atoms with Crippen LogP contribution in [-0.4, -0.2) is 23.8 Å². The molecule has 0 bridgehead atoms. The van der Waals surface area contributed by atoms with Gasteiger partial charge in [0.2, 0.25) is 0 Å². The summed E-state index contributed by atoms with van der Waals surface area (Å²) in [4.78, 5) is 12.2. The Bertz CT molecular complexity index is 368. The molecule has 2 atom stereocenters. The predicted octanol–water partition coefficient (Wildman–Crippen LogP) is 6.52. The van der Waals surface area contributed by atoms with Crippen molar-refractivity contribution in [2.45, 2.75) is 119 Å². The van der Waals surface area contributed by atoms with Crippen LogP contribution in [0.15, 0.2) is 0 Å². The van der Waals surface area contributed by atoms with E-state index in [1.807, 2.05) is 20.8 Å². The summed E-state index contributed by atoms with van der Waals surface area (Å²) in [7, 11) is 0. The number of hydrogen-bond acceptors (Lipinski definition) is 3. The van der Waals surface area contributed by atoms with Crippen LogP contribution < -0.4 is 0 Å². The minimum Gasteiger partial charge on any atom is -0.466 e. The van der Waals surface area contributed by atoms with E-state index in [1.54, 1.807) is 0 Å². The third-order valence-corrected chi connectivity index (χ3v) is 5.62. The predicted molar refractivity (Wildman–Crippen MR) is 111 cm³/mol. The maximum absolute atomic E-state index is 12.2. The van der Waals surface area contributed by atoms with Gasteiger partial charge in [0.1, 0.15) is 0 Å². The van der Waals surface area contributed by atoms with Gasteiger partial charge in [-0.2, -0.15) is 0 Å². The van der Waals surface area contributed by atoms with Gasteiger partial charge in [-0.25, -0.2) is 0 Å². The molecular weight excluding hydrogens is 324 g/mol. The molecule has 1 N–H and O–H groups in total. The molecule has 0 aromatic rings. The number of esters is 1. The maximum atomic E-state index is 12.2. The topological polar surface area (TPSA) is 46.5 Å². The Balaban J connectivity index is 3.96. The van der Waals surface area contributed by atoms with E-state index in [0.717, 1.165) is 44.9 Å². The van der Waals surface area contributed by atoms with Crippen LogP contribution in [0.3, 0.4) is 0 Å². The average Bonchev–Trinajstić information content (AvgIpc) is 2.53. The van der Waals surface area contributed by atoms with Gasteiger partial charge in [0.05, 0.1) is 18.1 Å². The summed E-state index contributed by atoms with van der Waals surface area (Å²) >= 11 is 0. The number of aliphatic hydroxyl groups is 1. The Morgan fingerprint density at radius 3 is 1.92 bits per heavy atom. The Morgan fingerprint density at radius 2 is 1.42 bits per heavy atom. The molecule has 156 valence electrons. The van der Waals surface area contributed by atoms with Crippen molar-refractivity contribution >= 4 is 5.97 Å². The lowest BCUT2D eigenvalue weighted by Crippen LogP contribution is -2.34. The van der Waals surface area contributed by atoms with Crippen molar-refractivity contribution in [1.29, 1.82) is 0 Å². The molecule has 0 aliphatic heterocycles. The first-order valence-electron chi connectivity index (χ1n) is 10.9. The average molecular weight is 371 g/mol. The molecule has 2 unspecified atom stereocenters. The highest BCUT2D eigenvalue weighted by atomic mass is 16.5. The van der Waals surface area contributed by atoms with Gasteiger partial charge in [-0.1, -0.05) is 66.2 Å². The van der Waals surface area contributed by atoms with Gasteiger partial charge in [-0.05, 0) is 57.8 Å². The van der Waals surface area contributed by atoms with Crippen LogP contribution in [0.4, 0.5) is 0 Å². The first-order valence-corrected chi connectivity index (χ1v) is 10.9. The summed E-state index contributed by atoms with van der Waals surface area (Å²) in [5.74, 6) is 0.262. The minimum atomic E-state index is -0.420. The SMILES string of the molecule is CCOC(=O)C(C)(C)C(CC)CCCCC(O)CCCCCC(C)(C)C. The maximum Gasteiger partial charge on any atom is 0.311 e. The quantitative estimate of drug-likeness (QED) is 0.280. The molecule has 0 saturated heterocycles. The van der Waals surface area contributed by atoms with Crippen LogP contribution in [0.5, 0.6) is 0 Å². The summed E-state index contributed by atoms with van der Waals surface area (Å²) in [6.07, 6.45) is 10.7. The van der Waals surface area contributed by atoms with Gasteiger partial charge < -0.3 is 9.84 Å². The molecule has 0 saturated carbocycles. The molecule has 0 aliphatic carbocycles. The standard InChI is InChI=1S/C23H46O3/c1-8-19(23(6,7)21(25)26-9-2)15-12-13-17-20(24)16-11-10-14-18-22(3,4)5/h19-20,24H,8-18H2,1-7H3. The van der Waals surface area contributed by atoms with Crippen LogP contribution in [0.2, 0.25) is 0 Å². The second-order valence-electron chi connectivity index (χ2n) is 9.65. The van der Waals surface area contributed by atoms with Crippen molar-refractivity contribution in [1.82, 2.24) is 0 Å². The zero-order valence-electron chi connectivity index (χ0n) is 18.7. The van der Waals surface area contributed by atoms with Crippen LogP contribution in [0.25, 0.3) is 0 Å². The zero-order valence-corrected chi connectivity index (χ0v) is 18.7. The van der Waals surface area contributed by atoms with Crippen molar-refractivity contribution in [2.75, 3.05) is 6.61 Å². The van der Waals surface area contributed by atoms with Gasteiger partial charge in [-0.15, -0.1) is 0 Å². The molecule has 0 fully saturated rings. The van der Waals surface area contributed by atoms with Gasteiger partial charge in [-0.3, -0.25) is 4.79 Å². The zero-order chi connectivity index (χ0) is 20.2. The fourth-order valence-corrected chi connectivity index (χ4v) is 3.69. The van der Waals surface area contributed by atoms with Crippen molar-refractivity contribution < 1.29 is 14.6 Å². The van der Waals surface area contributed by atoms with Gasteiger partial charge >= 0.3 is 5.97 Å². The van der Waals surface area contributed by atoms with Gasteiger partial charge in [0.15, 0.2) is 0 Å². The molecule has 0 spiro atoms. The van der Waals surface area contributed by atoms with E-state index in [-0.39, 0.29) is 12.1 Å². The van der Waals surface area contributed by atoms with E-state index < -0.39 is 5.41 Å². The fraction of sp³-hybridized carbons (Fsp3) is 0.957. The van der Waals surface area contributed by atoms with Crippen LogP contribution in [0, 0.1) is 16.7 Å². The first kappa shape index (κ1) is 25.4. The molecule has 0 aromatic carbocycles. The van der Waals surface area contributed by atoms with Crippen molar-refractivity contribution in [3.8, 4) is 0 Å². The Labute approximate surface area is 163 Å². The molecule has 0 heterocycles. The van der Waals surface area contributed by atoms with E-state index in [4.69, 9.17) is 4.74 Å². The fourth-order valence-electron chi connectivity index (χ4n) is 3.69. The summed E-state index contributed by atoms with van der Waals surface area (Å²) in [6, 6.07) is 0. The lowest BCUT2D eigenvalue weighted by molar-refractivity contribution is -0.157. The number of hydrogen-bond donors (Lipinski definition) is 1. The van der Waals surface area contributed by atoms with E-state index >= 15 is 0 Å². The molecule has 0 rings (SSSR count). The highest BCUT2D eigenvalue weighted by Gasteiger charge is 2.36. The molecule has 3 nitrogen and oxygen atoms in total. The van der Waals surface area contributed by atoms with Crippen molar-refractivity contribution in [2.24, 2.45) is 16.7 Å². The van der Waals surface area contributed by atoms with Crippen LogP contribution in [-0.2, 0) is 9.53 Å². The van der Waals surface area contributed by atoms with E-state index in [9.17, 15) is 9.90 Å². The summed E-state index contributed by atoms with van der Waals surface area (Å²) in [6.45, 7) is 15.3. The second kappa shape index (κ2) is 12.8. The van der Waals surface area contributed by atoms with E-state index in [1.165, 1.54) is 19.3 Å². The minimum absolute atomic E-state index is 0.0814. The molecule has 0 aromatic heterocycles. The number of unbranched alkanes of at least 4 members (excludes halogenated alkanes) is 3. The summed E-state index contributed by atoms with van der Waals surface area (Å²) in [5.41, 5.74) is 0.00218. The molecule has 0 radical (unpaired) electrons. The number of carbonyl (C=O) groups excluding carboxylic acids is 1. The van der Waals surface area contributed by atoms with Crippen molar-refractivity contribution in [3.05, 3.63) is 0 Å². The number of ether oxygens (including phenoxy) is 1. The summed E-state index contributed by atoms with van der Waals surface area (Å²) < 4.78 is 5.24. The lowest BCUT2D eigenvalue weighted by Gasteiger charge is -2.31. The third kappa shape index (κ3) is 11.2. The second-order valence-corrected chi connectivity index (χ2v) is 9.65. The Morgan fingerprint density at radius 1 is 0.885 bits per heavy atom. The van der Waals surface area contributed by atoms with Gasteiger partial charge in [0.25, 0.3) is 0 Å². The summed E-state index contributed by atoms with van der Waals surface area (Å²) in [5, 5.41) is 10.2. The van der Waals surface area contributed by atoms with E-state index in [0.29, 0.717) is 17.9 Å². The Hall–Kier alpha value is -0.570. The highest BCUT2D eigenvalue weighted by Crippen LogP contribution is 2.35. The largest absolute Gasteiger partial charge is 0.466 e. The molecule has 0 aliphatic rings. The van der Waals surface area contributed by atoms with E-state index in [2.05, 4.69) is 27.7 Å². The number of rotatable bonds is 14. The smallest absolute Gasteiger partial charge is 0.311 e. The third-order valence-electron chi connectivity index (χ3n) is 5.62. The normalized spacial score (nSPS) is 14.9. The first-order chi connectivity index (χ1) is 12.0. The molecule has 3 heteroatoms.